The minimum atomic E-state index is 0.788. The van der Waals surface area contributed by atoms with Crippen LogP contribution in [0, 0.1) is 0 Å². The molecule has 0 fully saturated rings. The maximum Gasteiger partial charge on any atom is 0.0180 e. The second kappa shape index (κ2) is 16.7. The van der Waals surface area contributed by atoms with Crippen molar-refractivity contribution in [2.24, 2.45) is 0 Å². The van der Waals surface area contributed by atoms with Crippen LogP contribution in [0.25, 0.3) is 0 Å². The van der Waals surface area contributed by atoms with Crippen LogP contribution in [-0.2, 0) is 0 Å². The van der Waals surface area contributed by atoms with E-state index in [2.05, 4.69) is 44.6 Å². The Balaban J connectivity index is 3.43. The molecule has 0 aromatic carbocycles. The van der Waals surface area contributed by atoms with Crippen molar-refractivity contribution in [3.63, 3.8) is 0 Å². The molecule has 0 rings (SSSR count). The third-order valence-corrected chi connectivity index (χ3v) is 5.52. The van der Waals surface area contributed by atoms with Gasteiger partial charge in [-0.05, 0) is 32.7 Å². The number of hydrogen-bond donors (Lipinski definition) is 0. The molecule has 21 heavy (non-hydrogen) atoms. The van der Waals surface area contributed by atoms with Crippen molar-refractivity contribution in [2.75, 3.05) is 25.6 Å². The van der Waals surface area contributed by atoms with Crippen LogP contribution in [0.2, 0.25) is 0 Å². The summed E-state index contributed by atoms with van der Waals surface area (Å²) >= 11 is 2.15. The zero-order valence-corrected chi connectivity index (χ0v) is 16.1. The average Bonchev–Trinajstić information content (AvgIpc) is 2.47. The van der Waals surface area contributed by atoms with E-state index in [-0.39, 0.29) is 0 Å². The summed E-state index contributed by atoms with van der Waals surface area (Å²) in [5, 5.41) is 0. The third-order valence-electron chi connectivity index (χ3n) is 4.32. The molecule has 0 bridgehead atoms. The number of thioether (sulfide) groups is 1. The maximum absolute atomic E-state index is 2.43. The summed E-state index contributed by atoms with van der Waals surface area (Å²) in [6, 6.07) is 0.788. The van der Waals surface area contributed by atoms with Gasteiger partial charge in [-0.15, -0.1) is 0 Å². The van der Waals surface area contributed by atoms with E-state index in [1.165, 1.54) is 88.6 Å². The van der Waals surface area contributed by atoms with Crippen molar-refractivity contribution < 1.29 is 0 Å². The smallest absolute Gasteiger partial charge is 0.0180 e. The summed E-state index contributed by atoms with van der Waals surface area (Å²) in [6.07, 6.45) is 17.0. The van der Waals surface area contributed by atoms with E-state index in [4.69, 9.17) is 0 Å². The average molecular weight is 316 g/mol. The van der Waals surface area contributed by atoms with Crippen LogP contribution in [0.1, 0.15) is 90.9 Å². The molecule has 0 aliphatic heterocycles. The highest BCUT2D eigenvalue weighted by atomic mass is 32.2. The predicted molar refractivity (Wildman–Crippen MR) is 102 cm³/mol. The molecule has 0 aliphatic rings. The summed E-state index contributed by atoms with van der Waals surface area (Å²) in [6.45, 7) is 4.58. The third kappa shape index (κ3) is 15.0. The highest BCUT2D eigenvalue weighted by molar-refractivity contribution is 7.99. The van der Waals surface area contributed by atoms with Gasteiger partial charge >= 0.3 is 0 Å². The van der Waals surface area contributed by atoms with Crippen molar-refractivity contribution in [1.29, 1.82) is 0 Å². The first-order chi connectivity index (χ1) is 10.2. The van der Waals surface area contributed by atoms with E-state index in [9.17, 15) is 0 Å². The van der Waals surface area contributed by atoms with Crippen molar-refractivity contribution in [3.8, 4) is 0 Å². The van der Waals surface area contributed by atoms with Crippen molar-refractivity contribution in [1.82, 2.24) is 4.90 Å². The van der Waals surface area contributed by atoms with Gasteiger partial charge in [-0.1, -0.05) is 78.1 Å². The van der Waals surface area contributed by atoms with Gasteiger partial charge in [0.05, 0.1) is 0 Å². The largest absolute Gasteiger partial charge is 0.306 e. The minimum absolute atomic E-state index is 0.788. The summed E-state index contributed by atoms with van der Waals surface area (Å²) in [4.78, 5) is 2.43. The molecule has 128 valence electrons. The van der Waals surface area contributed by atoms with Gasteiger partial charge in [0, 0.05) is 11.8 Å². The highest BCUT2D eigenvalue weighted by Gasteiger charge is 2.10. The lowest BCUT2D eigenvalue weighted by molar-refractivity contribution is 0.295. The SMILES string of the molecule is CCCCCCCCCCCC(CSCCCC)N(C)C. The minimum Gasteiger partial charge on any atom is -0.306 e. The molecule has 0 saturated heterocycles. The van der Waals surface area contributed by atoms with Crippen LogP contribution in [-0.4, -0.2) is 36.5 Å². The molecule has 0 saturated carbocycles. The van der Waals surface area contributed by atoms with E-state index < -0.39 is 0 Å². The number of unbranched alkanes of at least 4 members (excludes halogenated alkanes) is 9. The number of hydrogen-bond acceptors (Lipinski definition) is 2. The lowest BCUT2D eigenvalue weighted by atomic mass is 10.0. The van der Waals surface area contributed by atoms with Crippen LogP contribution in [0.5, 0.6) is 0 Å². The van der Waals surface area contributed by atoms with Crippen LogP contribution >= 0.6 is 11.8 Å². The molecule has 1 atom stereocenters. The Bertz CT molecular complexity index is 194. The fourth-order valence-corrected chi connectivity index (χ4v) is 4.04. The second-order valence-electron chi connectivity index (χ2n) is 6.66. The Labute approximate surface area is 139 Å². The molecule has 0 N–H and O–H groups in total. The molecule has 1 nitrogen and oxygen atoms in total. The predicted octanol–water partition coefficient (Wildman–Crippen LogP) is 6.37. The molecular formula is C19H41NS. The van der Waals surface area contributed by atoms with Gasteiger partial charge in [-0.3, -0.25) is 0 Å². The molecule has 1 unspecified atom stereocenters. The monoisotopic (exact) mass is 315 g/mol. The second-order valence-corrected chi connectivity index (χ2v) is 7.81. The van der Waals surface area contributed by atoms with Gasteiger partial charge in [-0.2, -0.15) is 11.8 Å². The molecule has 0 aromatic heterocycles. The topological polar surface area (TPSA) is 3.24 Å². The Morgan fingerprint density at radius 2 is 1.24 bits per heavy atom. The van der Waals surface area contributed by atoms with E-state index in [0.717, 1.165) is 6.04 Å². The molecule has 0 heterocycles. The Hall–Kier alpha value is 0.310. The summed E-state index contributed by atoms with van der Waals surface area (Å²) in [5.74, 6) is 2.67. The van der Waals surface area contributed by atoms with Crippen LogP contribution in [0.3, 0.4) is 0 Å². The molecule has 0 aliphatic carbocycles. The fraction of sp³-hybridized carbons (Fsp3) is 1.00. The molecule has 0 spiro atoms. The van der Waals surface area contributed by atoms with Crippen molar-refractivity contribution in [3.05, 3.63) is 0 Å². The van der Waals surface area contributed by atoms with Crippen molar-refractivity contribution >= 4 is 11.8 Å². The zero-order valence-electron chi connectivity index (χ0n) is 15.3. The molecule has 2 heteroatoms. The molecular weight excluding hydrogens is 274 g/mol. The van der Waals surface area contributed by atoms with E-state index >= 15 is 0 Å². The van der Waals surface area contributed by atoms with Crippen LogP contribution < -0.4 is 0 Å². The van der Waals surface area contributed by atoms with Crippen LogP contribution in [0.4, 0.5) is 0 Å². The van der Waals surface area contributed by atoms with E-state index in [0.29, 0.717) is 0 Å². The van der Waals surface area contributed by atoms with Gasteiger partial charge in [0.2, 0.25) is 0 Å². The first-order valence-electron chi connectivity index (χ1n) is 9.46. The van der Waals surface area contributed by atoms with E-state index in [1.54, 1.807) is 0 Å². The standard InChI is InChI=1S/C19H41NS/c1-5-7-9-10-11-12-13-14-15-16-19(20(3)4)18-21-17-8-6-2/h19H,5-18H2,1-4H3. The quantitative estimate of drug-likeness (QED) is 0.304. The molecule has 0 aromatic rings. The Morgan fingerprint density at radius 1 is 0.714 bits per heavy atom. The number of nitrogens with zero attached hydrogens (tertiary/aromatic N) is 1. The van der Waals surface area contributed by atoms with Gasteiger partial charge in [-0.25, -0.2) is 0 Å². The Morgan fingerprint density at radius 3 is 1.76 bits per heavy atom. The van der Waals surface area contributed by atoms with Gasteiger partial charge in [0.1, 0.15) is 0 Å². The lowest BCUT2D eigenvalue weighted by Gasteiger charge is -2.24. The molecule has 0 radical (unpaired) electrons. The van der Waals surface area contributed by atoms with Crippen molar-refractivity contribution in [2.45, 2.75) is 96.9 Å². The van der Waals surface area contributed by atoms with Crippen LogP contribution in [0.15, 0.2) is 0 Å². The van der Waals surface area contributed by atoms with Gasteiger partial charge in [0.25, 0.3) is 0 Å². The molecule has 0 amide bonds. The normalized spacial score (nSPS) is 13.0. The number of rotatable bonds is 16. The zero-order chi connectivity index (χ0) is 15.8. The van der Waals surface area contributed by atoms with Gasteiger partial charge < -0.3 is 4.90 Å². The fourth-order valence-electron chi connectivity index (χ4n) is 2.65. The lowest BCUT2D eigenvalue weighted by Crippen LogP contribution is -2.30. The van der Waals surface area contributed by atoms with Gasteiger partial charge in [0.15, 0.2) is 0 Å². The Kier molecular flexibility index (Phi) is 16.9. The summed E-state index contributed by atoms with van der Waals surface area (Å²) in [7, 11) is 4.50. The first-order valence-corrected chi connectivity index (χ1v) is 10.6. The summed E-state index contributed by atoms with van der Waals surface area (Å²) in [5.41, 5.74) is 0. The van der Waals surface area contributed by atoms with E-state index in [1.807, 2.05) is 0 Å². The first kappa shape index (κ1) is 21.3. The summed E-state index contributed by atoms with van der Waals surface area (Å²) < 4.78 is 0. The maximum atomic E-state index is 2.43. The highest BCUT2D eigenvalue weighted by Crippen LogP contribution is 2.16.